The van der Waals surface area contributed by atoms with Crippen LogP contribution in [0.25, 0.3) is 0 Å². The Morgan fingerprint density at radius 2 is 1.64 bits per heavy atom. The van der Waals surface area contributed by atoms with Gasteiger partial charge in [-0.1, -0.05) is 11.1 Å². The third kappa shape index (κ3) is 3.30. The van der Waals surface area contributed by atoms with Crippen LogP contribution in [0.2, 0.25) is 0 Å². The van der Waals surface area contributed by atoms with Gasteiger partial charge in [-0.3, -0.25) is 9.59 Å². The number of hydrogen-bond donors (Lipinski definition) is 2. The molecule has 0 spiro atoms. The fraction of sp³-hybridized carbons (Fsp3) is 0.545. The molecule has 1 heterocycles. The van der Waals surface area contributed by atoms with Crippen molar-refractivity contribution in [1.29, 1.82) is 0 Å². The number of ether oxygens (including phenoxy) is 1. The van der Waals surface area contributed by atoms with Crippen LogP contribution < -0.4 is 10.2 Å². The molecule has 2 aliphatic carbocycles. The van der Waals surface area contributed by atoms with Gasteiger partial charge in [0.15, 0.2) is 0 Å². The van der Waals surface area contributed by atoms with Gasteiger partial charge in [-0.2, -0.15) is 0 Å². The van der Waals surface area contributed by atoms with E-state index in [2.05, 4.69) is 10.2 Å². The van der Waals surface area contributed by atoms with Gasteiger partial charge in [0, 0.05) is 24.5 Å². The molecule has 6 heteroatoms. The van der Waals surface area contributed by atoms with E-state index in [4.69, 9.17) is 4.74 Å². The maximum Gasteiger partial charge on any atom is 0.307 e. The minimum absolute atomic E-state index is 0.00643. The first kappa shape index (κ1) is 19.0. The molecule has 4 atom stereocenters. The number of amides is 1. The summed E-state index contributed by atoms with van der Waals surface area (Å²) >= 11 is 0. The minimum atomic E-state index is -0.853. The van der Waals surface area contributed by atoms with Crippen molar-refractivity contribution >= 4 is 23.3 Å². The summed E-state index contributed by atoms with van der Waals surface area (Å²) < 4.78 is 5.38. The average molecular weight is 384 g/mol. The highest BCUT2D eigenvalue weighted by Gasteiger charge is 2.57. The molecule has 0 aromatic heterocycles. The van der Waals surface area contributed by atoms with E-state index in [0.717, 1.165) is 44.8 Å². The van der Waals surface area contributed by atoms with Crippen molar-refractivity contribution in [1.82, 2.24) is 0 Å². The standard InChI is InChI=1S/C22H28N2O4/c1-13(2)18-16-7-8-17(18)20(22(26)27)19(16)21(25)23-14-3-5-15(6-4-14)24-9-11-28-12-10-24/h3-6,16-17,19-20H,7-12H2,1-2H3,(H,23,25)(H,26,27)/t16-,17-,19+,20-/m1/s1. The number of hydrogen-bond acceptors (Lipinski definition) is 4. The van der Waals surface area contributed by atoms with Crippen LogP contribution in [0, 0.1) is 23.7 Å². The number of anilines is 2. The summed E-state index contributed by atoms with van der Waals surface area (Å²) in [4.78, 5) is 27.2. The summed E-state index contributed by atoms with van der Waals surface area (Å²) in [5.41, 5.74) is 4.20. The number of allylic oxidation sites excluding steroid dienone is 2. The molecule has 3 aliphatic rings. The van der Waals surface area contributed by atoms with Crippen LogP contribution in [0.3, 0.4) is 0 Å². The molecule has 0 radical (unpaired) electrons. The number of carboxylic acids is 1. The molecular formula is C22H28N2O4. The van der Waals surface area contributed by atoms with Crippen LogP contribution in [0.1, 0.15) is 26.7 Å². The van der Waals surface area contributed by atoms with Crippen molar-refractivity contribution in [3.63, 3.8) is 0 Å². The van der Waals surface area contributed by atoms with E-state index in [9.17, 15) is 14.7 Å². The zero-order valence-electron chi connectivity index (χ0n) is 16.5. The second-order valence-corrected chi connectivity index (χ2v) is 8.27. The number of nitrogens with zero attached hydrogens (tertiary/aromatic N) is 1. The number of aliphatic carboxylic acids is 1. The molecule has 1 aliphatic heterocycles. The number of carboxylic acid groups (broad SMARTS) is 1. The predicted octanol–water partition coefficient (Wildman–Crippen LogP) is 3.15. The first-order chi connectivity index (χ1) is 13.5. The molecule has 1 amide bonds. The van der Waals surface area contributed by atoms with E-state index in [1.165, 1.54) is 11.1 Å². The highest BCUT2D eigenvalue weighted by atomic mass is 16.5. The van der Waals surface area contributed by atoms with Gasteiger partial charge in [0.2, 0.25) is 5.91 Å². The van der Waals surface area contributed by atoms with Crippen LogP contribution in [0.5, 0.6) is 0 Å². The number of rotatable bonds is 4. The van der Waals surface area contributed by atoms with E-state index in [1.807, 2.05) is 38.1 Å². The zero-order chi connectivity index (χ0) is 19.8. The Labute approximate surface area is 165 Å². The first-order valence-corrected chi connectivity index (χ1v) is 10.1. The Morgan fingerprint density at radius 1 is 1.04 bits per heavy atom. The molecule has 1 aromatic carbocycles. The molecule has 0 unspecified atom stereocenters. The van der Waals surface area contributed by atoms with Crippen LogP contribution >= 0.6 is 0 Å². The summed E-state index contributed by atoms with van der Waals surface area (Å²) in [6.45, 7) is 7.25. The third-order valence-corrected chi connectivity index (χ3v) is 6.52. The molecule has 2 N–H and O–H groups in total. The van der Waals surface area contributed by atoms with Crippen LogP contribution in [0.15, 0.2) is 35.4 Å². The second kappa shape index (κ2) is 7.59. The molecule has 28 heavy (non-hydrogen) atoms. The lowest BCUT2D eigenvalue weighted by Gasteiger charge is -2.29. The van der Waals surface area contributed by atoms with Crippen LogP contribution in [0.4, 0.5) is 11.4 Å². The maximum atomic E-state index is 13.1. The number of morpholine rings is 1. The number of benzene rings is 1. The van der Waals surface area contributed by atoms with E-state index in [-0.39, 0.29) is 17.7 Å². The SMILES string of the molecule is CC(C)=C1[C@H]2CC[C@H]1[C@@H](C(=O)O)[C@H]2C(=O)Nc1ccc(N2CCOCC2)cc1. The third-order valence-electron chi connectivity index (χ3n) is 6.52. The summed E-state index contributed by atoms with van der Waals surface area (Å²) in [6, 6.07) is 7.79. The molecule has 1 aromatic rings. The Kier molecular flexibility index (Phi) is 5.15. The minimum Gasteiger partial charge on any atom is -0.481 e. The second-order valence-electron chi connectivity index (χ2n) is 8.27. The number of nitrogens with one attached hydrogen (secondary N) is 1. The first-order valence-electron chi connectivity index (χ1n) is 10.1. The van der Waals surface area contributed by atoms with Gasteiger partial charge in [0.1, 0.15) is 0 Å². The van der Waals surface area contributed by atoms with Crippen LogP contribution in [-0.4, -0.2) is 43.3 Å². The fourth-order valence-electron chi connectivity index (χ4n) is 5.41. The van der Waals surface area contributed by atoms with Crippen molar-refractivity contribution in [3.05, 3.63) is 35.4 Å². The monoisotopic (exact) mass is 384 g/mol. The molecule has 3 fully saturated rings. The van der Waals surface area contributed by atoms with Crippen molar-refractivity contribution in [2.75, 3.05) is 36.5 Å². The Hall–Kier alpha value is -2.34. The summed E-state index contributed by atoms with van der Waals surface area (Å²) in [5, 5.41) is 12.8. The van der Waals surface area contributed by atoms with E-state index in [0.29, 0.717) is 5.69 Å². The van der Waals surface area contributed by atoms with Crippen molar-refractivity contribution in [2.45, 2.75) is 26.7 Å². The fourth-order valence-corrected chi connectivity index (χ4v) is 5.41. The van der Waals surface area contributed by atoms with Gasteiger partial charge in [-0.25, -0.2) is 0 Å². The molecule has 2 bridgehead atoms. The number of carbonyl (C=O) groups excluding carboxylic acids is 1. The average Bonchev–Trinajstić information content (AvgIpc) is 3.26. The zero-order valence-corrected chi connectivity index (χ0v) is 16.5. The molecule has 6 nitrogen and oxygen atoms in total. The Balaban J connectivity index is 1.50. The number of fused-ring (bicyclic) bond motifs is 2. The molecule has 4 rings (SSSR count). The normalized spacial score (nSPS) is 29.1. The van der Waals surface area contributed by atoms with E-state index >= 15 is 0 Å². The molecule has 150 valence electrons. The summed E-state index contributed by atoms with van der Waals surface area (Å²) in [6.07, 6.45) is 1.78. The maximum absolute atomic E-state index is 13.1. The van der Waals surface area contributed by atoms with Gasteiger partial charge < -0.3 is 20.1 Å². The molecular weight excluding hydrogens is 356 g/mol. The number of carbonyl (C=O) groups is 2. The Morgan fingerprint density at radius 3 is 2.21 bits per heavy atom. The van der Waals surface area contributed by atoms with Gasteiger partial charge in [-0.15, -0.1) is 0 Å². The molecule has 2 saturated carbocycles. The lowest BCUT2D eigenvalue weighted by Crippen LogP contribution is -2.38. The van der Waals surface area contributed by atoms with Gasteiger partial charge in [0.05, 0.1) is 25.0 Å². The predicted molar refractivity (Wildman–Crippen MR) is 107 cm³/mol. The highest BCUT2D eigenvalue weighted by molar-refractivity contribution is 5.96. The van der Waals surface area contributed by atoms with E-state index < -0.39 is 17.8 Å². The molecule has 1 saturated heterocycles. The van der Waals surface area contributed by atoms with Gasteiger partial charge >= 0.3 is 5.97 Å². The van der Waals surface area contributed by atoms with Gasteiger partial charge in [0.25, 0.3) is 0 Å². The quantitative estimate of drug-likeness (QED) is 0.780. The largest absolute Gasteiger partial charge is 0.481 e. The highest BCUT2D eigenvalue weighted by Crippen LogP contribution is 2.57. The van der Waals surface area contributed by atoms with E-state index in [1.54, 1.807) is 0 Å². The summed E-state index contributed by atoms with van der Waals surface area (Å²) in [7, 11) is 0. The topological polar surface area (TPSA) is 78.9 Å². The van der Waals surface area contributed by atoms with Crippen LogP contribution in [-0.2, 0) is 14.3 Å². The van der Waals surface area contributed by atoms with Crippen molar-refractivity contribution in [3.8, 4) is 0 Å². The van der Waals surface area contributed by atoms with Crippen molar-refractivity contribution in [2.24, 2.45) is 23.7 Å². The van der Waals surface area contributed by atoms with Crippen molar-refractivity contribution < 1.29 is 19.4 Å². The summed E-state index contributed by atoms with van der Waals surface area (Å²) in [5.74, 6) is -2.06. The Bertz CT molecular complexity index is 791. The lowest BCUT2D eigenvalue weighted by atomic mass is 9.78. The smallest absolute Gasteiger partial charge is 0.307 e. The lowest BCUT2D eigenvalue weighted by molar-refractivity contribution is -0.148. The van der Waals surface area contributed by atoms with Gasteiger partial charge in [-0.05, 0) is 62.8 Å².